The van der Waals surface area contributed by atoms with E-state index in [0.29, 0.717) is 30.0 Å². The number of fused-ring (bicyclic) bond motifs is 2. The summed E-state index contributed by atoms with van der Waals surface area (Å²) >= 11 is 0. The van der Waals surface area contributed by atoms with Crippen LogP contribution < -0.4 is 15.1 Å². The van der Waals surface area contributed by atoms with Crippen molar-refractivity contribution in [1.29, 1.82) is 0 Å². The highest BCUT2D eigenvalue weighted by molar-refractivity contribution is 6.01. The van der Waals surface area contributed by atoms with E-state index < -0.39 is 61.6 Å². The van der Waals surface area contributed by atoms with Crippen LogP contribution in [0.25, 0.3) is 21.5 Å². The van der Waals surface area contributed by atoms with E-state index in [1.165, 1.54) is 59.2 Å². The molecule has 2 heterocycles. The zero-order valence-corrected chi connectivity index (χ0v) is 56.5. The van der Waals surface area contributed by atoms with E-state index in [4.69, 9.17) is 14.2 Å². The minimum atomic E-state index is -0.679. The fourth-order valence-electron chi connectivity index (χ4n) is 10.7. The zero-order valence-electron chi connectivity index (χ0n) is 56.5. The van der Waals surface area contributed by atoms with E-state index in [-0.39, 0.29) is 102 Å². The van der Waals surface area contributed by atoms with E-state index in [0.717, 1.165) is 44.0 Å². The minimum Gasteiger partial charge on any atom is -0.383 e. The lowest BCUT2D eigenvalue weighted by Crippen LogP contribution is -2.52. The highest BCUT2D eigenvalue weighted by atomic mass is 16.5. The Morgan fingerprint density at radius 3 is 1.22 bits per heavy atom. The minimum absolute atomic E-state index is 0.00678. The summed E-state index contributed by atoms with van der Waals surface area (Å²) in [5.74, 6) is -3.77. The van der Waals surface area contributed by atoms with E-state index in [9.17, 15) is 38.4 Å². The van der Waals surface area contributed by atoms with Gasteiger partial charge in [-0.25, -0.2) is 9.36 Å². The third kappa shape index (κ3) is 21.4. The van der Waals surface area contributed by atoms with Gasteiger partial charge >= 0.3 is 0 Å². The SMILES string of the molecule is CCN(Cc1cn(CC(=O)c2ccc3cc(N(C)C)ccc3c2)nn1)C(=O)CN(Cc1ccccc1)C(=O)CN(CCOC)C(=O)CN(CCOC)C(=O)CN(Cc1cn(CC(=O)c2ccc3cc(N(C)C)ccc3c2)nn1)C(=O)CN(Cc1ccccc1)C(=O)CNCCOC. The first-order chi connectivity index (χ1) is 46.8. The van der Waals surface area contributed by atoms with Crippen molar-refractivity contribution >= 4 is 79.9 Å². The van der Waals surface area contributed by atoms with Crippen LogP contribution in [0.4, 0.5) is 11.4 Å². The Balaban J connectivity index is 0.980. The molecular formula is C71H87N15O11. The number of hydrogen-bond donors (Lipinski definition) is 1. The number of ether oxygens (including phenoxy) is 3. The predicted octanol–water partition coefficient (Wildman–Crippen LogP) is 4.69. The van der Waals surface area contributed by atoms with Crippen molar-refractivity contribution in [2.45, 2.75) is 46.2 Å². The molecule has 97 heavy (non-hydrogen) atoms. The Morgan fingerprint density at radius 2 is 0.794 bits per heavy atom. The second-order valence-electron chi connectivity index (χ2n) is 23.9. The van der Waals surface area contributed by atoms with Gasteiger partial charge in [-0.1, -0.05) is 107 Å². The van der Waals surface area contributed by atoms with Crippen LogP contribution in [0.5, 0.6) is 0 Å². The zero-order chi connectivity index (χ0) is 69.4. The molecule has 2 aromatic heterocycles. The average Bonchev–Trinajstić information content (AvgIpc) is 1.12. The third-order valence-electron chi connectivity index (χ3n) is 16.3. The quantitative estimate of drug-likeness (QED) is 0.0406. The van der Waals surface area contributed by atoms with Gasteiger partial charge in [0.25, 0.3) is 0 Å². The van der Waals surface area contributed by atoms with Gasteiger partial charge in [0.05, 0.1) is 64.9 Å². The Labute approximate surface area is 565 Å². The summed E-state index contributed by atoms with van der Waals surface area (Å²) in [4.78, 5) is 127. The molecule has 0 aliphatic heterocycles. The second kappa shape index (κ2) is 36.0. The summed E-state index contributed by atoms with van der Waals surface area (Å²) in [7, 11) is 12.3. The fourth-order valence-corrected chi connectivity index (χ4v) is 10.7. The van der Waals surface area contributed by atoms with Crippen LogP contribution in [-0.2, 0) is 82.2 Å². The molecule has 0 saturated heterocycles. The first-order valence-electron chi connectivity index (χ1n) is 32.0. The molecule has 26 heteroatoms. The lowest BCUT2D eigenvalue weighted by atomic mass is 10.0. The van der Waals surface area contributed by atoms with Crippen molar-refractivity contribution < 1.29 is 52.6 Å². The Hall–Kier alpha value is -10.3. The Kier molecular flexibility index (Phi) is 26.9. The lowest BCUT2D eigenvalue weighted by molar-refractivity contribution is -0.149. The molecule has 512 valence electrons. The predicted molar refractivity (Wildman–Crippen MR) is 367 cm³/mol. The molecule has 0 spiro atoms. The van der Waals surface area contributed by atoms with Crippen LogP contribution >= 0.6 is 0 Å². The first-order valence-corrected chi connectivity index (χ1v) is 32.0. The Morgan fingerprint density at radius 1 is 0.423 bits per heavy atom. The molecule has 6 aromatic carbocycles. The summed E-state index contributed by atoms with van der Waals surface area (Å²) in [6, 6.07) is 41.2. The highest BCUT2D eigenvalue weighted by Crippen LogP contribution is 2.25. The van der Waals surface area contributed by atoms with Gasteiger partial charge in [-0.3, -0.25) is 38.4 Å². The lowest BCUT2D eigenvalue weighted by Gasteiger charge is -2.32. The maximum absolute atomic E-state index is 14.9. The highest BCUT2D eigenvalue weighted by Gasteiger charge is 2.31. The summed E-state index contributed by atoms with van der Waals surface area (Å²) in [6.07, 6.45) is 3.12. The molecule has 0 unspecified atom stereocenters. The molecular weight excluding hydrogens is 1240 g/mol. The number of nitrogens with one attached hydrogen (secondary N) is 1. The molecule has 26 nitrogen and oxygen atoms in total. The van der Waals surface area contributed by atoms with Crippen LogP contribution in [0, 0.1) is 0 Å². The summed E-state index contributed by atoms with van der Waals surface area (Å²) in [5, 5.41) is 23.9. The van der Waals surface area contributed by atoms with E-state index in [1.54, 1.807) is 32.4 Å². The van der Waals surface area contributed by atoms with Gasteiger partial charge in [-0.2, -0.15) is 0 Å². The first kappa shape index (κ1) is 72.5. The van der Waals surface area contributed by atoms with Crippen molar-refractivity contribution in [2.75, 3.05) is 145 Å². The number of nitrogens with zero attached hydrogens (tertiary/aromatic N) is 14. The number of ketones is 2. The van der Waals surface area contributed by atoms with Gasteiger partial charge in [0.1, 0.15) is 44.1 Å². The molecule has 6 amide bonds. The van der Waals surface area contributed by atoms with Crippen molar-refractivity contribution in [3.63, 3.8) is 0 Å². The fraction of sp³-hybridized carbons (Fsp3) is 0.380. The van der Waals surface area contributed by atoms with E-state index in [2.05, 4.69) is 32.0 Å². The number of rotatable bonds is 38. The molecule has 0 saturated carbocycles. The summed E-state index contributed by atoms with van der Waals surface area (Å²) in [6.45, 7) is -0.575. The van der Waals surface area contributed by atoms with Gasteiger partial charge in [-0.05, 0) is 76.0 Å². The molecule has 8 aromatic rings. The van der Waals surface area contributed by atoms with Crippen molar-refractivity contribution in [3.05, 3.63) is 179 Å². The molecule has 0 atom stereocenters. The standard InChI is InChI=1S/C71H87N15O11/c1-9-79(41-60-43-85(75-73-60)45-64(87)58-22-20-56-36-62(77(2)3)26-24-54(56)34-58)67(90)49-83(40-53-18-14-11-15-19-53)70(93)48-81(30-33-97-8)68(91)47-80(29-32-96-7)69(92)50-84(71(94)51-82(39-52-16-12-10-13-17-52)66(89)38-72-28-31-95-6)42-61-44-86(76-74-61)46-65(88)59-23-21-57-37-63(78(4)5)27-25-55(57)35-59/h10-27,34-37,43-44,72H,9,28-33,38-42,45-51H2,1-8H3. The molecule has 0 aliphatic rings. The molecule has 0 bridgehead atoms. The van der Waals surface area contributed by atoms with E-state index in [1.807, 2.05) is 153 Å². The number of carbonyl (C=O) groups is 8. The van der Waals surface area contributed by atoms with Crippen LogP contribution in [0.3, 0.4) is 0 Å². The number of anilines is 2. The summed E-state index contributed by atoms with van der Waals surface area (Å²) < 4.78 is 18.8. The largest absolute Gasteiger partial charge is 0.383 e. The molecule has 8 rings (SSSR count). The molecule has 0 radical (unpaired) electrons. The van der Waals surface area contributed by atoms with Gasteiger partial charge in [0.2, 0.25) is 35.4 Å². The number of likely N-dealkylation sites (N-methyl/N-ethyl adjacent to an activating group) is 1. The van der Waals surface area contributed by atoms with Crippen LogP contribution in [0.1, 0.15) is 50.2 Å². The smallest absolute Gasteiger partial charge is 0.243 e. The van der Waals surface area contributed by atoms with Crippen LogP contribution in [0.2, 0.25) is 0 Å². The molecule has 1 N–H and O–H groups in total. The molecule has 0 aliphatic carbocycles. The average molecular weight is 1330 g/mol. The number of methoxy groups -OCH3 is 3. The normalized spacial score (nSPS) is 11.1. The van der Waals surface area contributed by atoms with Crippen molar-refractivity contribution in [1.82, 2.24) is 64.7 Å². The Bertz CT molecular complexity index is 3970. The topological polar surface area (TPSA) is 264 Å². The monoisotopic (exact) mass is 1330 g/mol. The number of benzene rings is 6. The van der Waals surface area contributed by atoms with Crippen molar-refractivity contribution in [3.8, 4) is 0 Å². The van der Waals surface area contributed by atoms with Gasteiger partial charge in [0, 0.05) is 111 Å². The number of aromatic nitrogens is 6. The number of hydrogen-bond acceptors (Lipinski definition) is 18. The van der Waals surface area contributed by atoms with Crippen LogP contribution in [0.15, 0.2) is 146 Å². The number of amides is 6. The van der Waals surface area contributed by atoms with Gasteiger partial charge in [-0.15, -0.1) is 10.2 Å². The molecule has 0 fully saturated rings. The van der Waals surface area contributed by atoms with E-state index >= 15 is 0 Å². The second-order valence-corrected chi connectivity index (χ2v) is 23.9. The number of Topliss-reactive ketones (excluding diaryl/α,β-unsaturated/α-hetero) is 2. The van der Waals surface area contributed by atoms with Crippen LogP contribution in [-0.4, -0.2) is 241 Å². The summed E-state index contributed by atoms with van der Waals surface area (Å²) in [5.41, 5.74) is 5.15. The maximum atomic E-state index is 14.9. The van der Waals surface area contributed by atoms with Gasteiger partial charge < -0.3 is 58.7 Å². The van der Waals surface area contributed by atoms with Crippen molar-refractivity contribution in [2.24, 2.45) is 0 Å². The number of carbonyl (C=O) groups excluding carboxylic acids is 8. The van der Waals surface area contributed by atoms with Gasteiger partial charge in [0.15, 0.2) is 11.6 Å². The maximum Gasteiger partial charge on any atom is 0.243 e. The third-order valence-corrected chi connectivity index (χ3v) is 16.3.